The Morgan fingerprint density at radius 2 is 0.519 bits per heavy atom. The summed E-state index contributed by atoms with van der Waals surface area (Å²) in [4.78, 5) is 101. The Morgan fingerprint density at radius 3 is 0.692 bits per heavy atom. The zero-order chi connectivity index (χ0) is 40.1. The Morgan fingerprint density at radius 1 is 0.346 bits per heavy atom. The van der Waals surface area contributed by atoms with Crippen molar-refractivity contribution < 1.29 is 66.8 Å². The minimum Gasteiger partial charge on any atom is -0.462 e. The molecule has 14 heteroatoms. The van der Waals surface area contributed by atoms with Gasteiger partial charge in [-0.1, -0.05) is 94.9 Å². The van der Waals surface area contributed by atoms with Gasteiger partial charge in [0.15, 0.2) is 23.4 Å². The second kappa shape index (κ2) is 24.4. The summed E-state index contributed by atoms with van der Waals surface area (Å²) in [6.45, 7) is 15.5. The van der Waals surface area contributed by atoms with Gasteiger partial charge < -0.3 is 28.4 Å². The van der Waals surface area contributed by atoms with Gasteiger partial charge in [-0.2, -0.15) is 0 Å². The molecule has 4 unspecified atom stereocenters. The molecular formula is C38H62O14. The highest BCUT2D eigenvalue weighted by Crippen LogP contribution is 2.25. The normalized spacial score (nSPS) is 13.8. The van der Waals surface area contributed by atoms with Gasteiger partial charge in [0.2, 0.25) is 0 Å². The summed E-state index contributed by atoms with van der Waals surface area (Å²) in [5, 5.41) is 0. The molecule has 0 bridgehead atoms. The van der Waals surface area contributed by atoms with Gasteiger partial charge in [0.05, 0.1) is 0 Å². The van der Waals surface area contributed by atoms with Crippen LogP contribution < -0.4 is 0 Å². The lowest BCUT2D eigenvalue weighted by atomic mass is 9.81. The predicted octanol–water partition coefficient (Wildman–Crippen LogP) is 5.14. The van der Waals surface area contributed by atoms with Gasteiger partial charge in [-0.25, -0.2) is 0 Å². The number of hydrogen-bond acceptors (Lipinski definition) is 14. The molecule has 0 spiro atoms. The minimum absolute atomic E-state index is 0.113. The van der Waals surface area contributed by atoms with Crippen molar-refractivity contribution in [3.05, 3.63) is 0 Å². The van der Waals surface area contributed by atoms with Gasteiger partial charge >= 0.3 is 35.8 Å². The van der Waals surface area contributed by atoms with Crippen LogP contribution in [0.2, 0.25) is 0 Å². The fourth-order valence-electron chi connectivity index (χ4n) is 5.03. The maximum absolute atomic E-state index is 12.7. The maximum Gasteiger partial charge on any atom is 0.320 e. The van der Waals surface area contributed by atoms with E-state index in [2.05, 4.69) is 0 Å². The second-order valence-corrected chi connectivity index (χ2v) is 14.6. The summed E-state index contributed by atoms with van der Waals surface area (Å²) in [6, 6.07) is 0. The Kier molecular flexibility index (Phi) is 22.6. The van der Waals surface area contributed by atoms with Crippen LogP contribution in [0.25, 0.3) is 0 Å². The van der Waals surface area contributed by atoms with Crippen molar-refractivity contribution in [2.45, 2.75) is 121 Å². The lowest BCUT2D eigenvalue weighted by molar-refractivity contribution is -0.171. The third kappa shape index (κ3) is 17.6. The fourth-order valence-corrected chi connectivity index (χ4v) is 5.03. The van der Waals surface area contributed by atoms with Gasteiger partial charge in [-0.3, -0.25) is 38.4 Å². The van der Waals surface area contributed by atoms with Crippen LogP contribution in [-0.4, -0.2) is 87.0 Å². The Bertz CT molecular complexity index is 1100. The highest BCUT2D eigenvalue weighted by atomic mass is 16.6. The first-order valence-electron chi connectivity index (χ1n) is 18.4. The predicted molar refractivity (Wildman–Crippen MR) is 188 cm³/mol. The smallest absolute Gasteiger partial charge is 0.320 e. The third-order valence-electron chi connectivity index (χ3n) is 7.84. The molecule has 0 aliphatic rings. The van der Waals surface area contributed by atoms with E-state index < -0.39 is 83.5 Å². The largest absolute Gasteiger partial charge is 0.462 e. The first-order chi connectivity index (χ1) is 24.3. The van der Waals surface area contributed by atoms with Crippen molar-refractivity contribution in [1.29, 1.82) is 0 Å². The van der Waals surface area contributed by atoms with Crippen molar-refractivity contribution in [3.63, 3.8) is 0 Å². The lowest BCUT2D eigenvalue weighted by Gasteiger charge is -2.23. The van der Waals surface area contributed by atoms with Crippen LogP contribution >= 0.6 is 0 Å². The number of esters is 6. The summed E-state index contributed by atoms with van der Waals surface area (Å²) in [5.74, 6) is -9.82. The standard InChI is InChI=1S/C38H62O14/c1-11-15-25(29(39)37(5,6)7)31(41)47-19-21-49-33(43)27(17-13-3)35(45)51-23-24-52-36(46)28(18-14-4)34(44)50-22-20-48-32(42)26(16-12-2)30(40)38(8,9)10/h25-28H,11-24H2,1-10H3. The molecular weight excluding hydrogens is 680 g/mol. The Balaban J connectivity index is 4.88. The van der Waals surface area contributed by atoms with Crippen LogP contribution in [0.1, 0.15) is 121 Å². The SMILES string of the molecule is CCCC(C(=O)OCCOC(=O)C(CCC)C(=O)OCCOC(=O)C(CCC)C(=O)C(C)(C)C)C(=O)OCCOC(=O)C(CCC)C(=O)C(C)(C)C. The molecule has 0 N–H and O–H groups in total. The highest BCUT2D eigenvalue weighted by Gasteiger charge is 2.37. The van der Waals surface area contributed by atoms with Crippen LogP contribution in [0.3, 0.4) is 0 Å². The number of ether oxygens (including phenoxy) is 6. The number of carbonyl (C=O) groups is 8. The summed E-state index contributed by atoms with van der Waals surface area (Å²) in [6.07, 6.45) is 2.99. The molecule has 0 fully saturated rings. The van der Waals surface area contributed by atoms with Crippen molar-refractivity contribution in [2.24, 2.45) is 34.5 Å². The van der Waals surface area contributed by atoms with Crippen LogP contribution in [-0.2, 0) is 66.8 Å². The first-order valence-corrected chi connectivity index (χ1v) is 18.4. The molecule has 14 nitrogen and oxygen atoms in total. The summed E-state index contributed by atoms with van der Waals surface area (Å²) in [5.41, 5.74) is -1.45. The van der Waals surface area contributed by atoms with E-state index in [-0.39, 0.29) is 50.8 Å². The van der Waals surface area contributed by atoms with E-state index in [0.717, 1.165) is 0 Å². The number of ketones is 2. The fraction of sp³-hybridized carbons (Fsp3) is 0.789. The molecule has 0 aromatic heterocycles. The average Bonchev–Trinajstić information content (AvgIpc) is 3.07. The van der Waals surface area contributed by atoms with E-state index >= 15 is 0 Å². The topological polar surface area (TPSA) is 192 Å². The quantitative estimate of drug-likeness (QED) is 0.0517. The molecule has 0 amide bonds. The van der Waals surface area contributed by atoms with Crippen molar-refractivity contribution in [2.75, 3.05) is 39.6 Å². The van der Waals surface area contributed by atoms with E-state index in [9.17, 15) is 38.4 Å². The molecule has 0 saturated heterocycles. The van der Waals surface area contributed by atoms with Gasteiger partial charge in [0, 0.05) is 10.8 Å². The van der Waals surface area contributed by atoms with Gasteiger partial charge in [0.1, 0.15) is 51.5 Å². The van der Waals surface area contributed by atoms with Crippen LogP contribution in [0, 0.1) is 34.5 Å². The van der Waals surface area contributed by atoms with Crippen LogP contribution in [0.4, 0.5) is 0 Å². The monoisotopic (exact) mass is 742 g/mol. The first kappa shape index (κ1) is 48.2. The van der Waals surface area contributed by atoms with E-state index in [4.69, 9.17) is 28.4 Å². The summed E-state index contributed by atoms with van der Waals surface area (Å²) in [7, 11) is 0. The van der Waals surface area contributed by atoms with Gasteiger partial charge in [-0.15, -0.1) is 0 Å². The molecule has 0 aromatic rings. The number of Topliss-reactive ketones (excluding diaryl/α,β-unsaturated/α-hetero) is 2. The molecule has 0 aliphatic heterocycles. The van der Waals surface area contributed by atoms with Crippen molar-refractivity contribution in [1.82, 2.24) is 0 Å². The minimum atomic E-state index is -1.27. The molecule has 298 valence electrons. The zero-order valence-electron chi connectivity index (χ0n) is 32.9. The molecule has 52 heavy (non-hydrogen) atoms. The number of carbonyl (C=O) groups excluding carboxylic acids is 8. The summed E-state index contributed by atoms with van der Waals surface area (Å²) >= 11 is 0. The zero-order valence-corrected chi connectivity index (χ0v) is 32.9. The molecule has 4 atom stereocenters. The number of rotatable bonds is 25. The van der Waals surface area contributed by atoms with Gasteiger partial charge in [0.25, 0.3) is 0 Å². The maximum atomic E-state index is 12.7. The van der Waals surface area contributed by atoms with Crippen LogP contribution in [0.15, 0.2) is 0 Å². The van der Waals surface area contributed by atoms with E-state index in [1.165, 1.54) is 0 Å². The molecule has 0 radical (unpaired) electrons. The lowest BCUT2D eigenvalue weighted by Crippen LogP contribution is -2.35. The van der Waals surface area contributed by atoms with Gasteiger partial charge in [-0.05, 0) is 25.7 Å². The molecule has 0 aromatic carbocycles. The molecule has 0 aliphatic carbocycles. The highest BCUT2D eigenvalue weighted by molar-refractivity contribution is 6.02. The molecule has 0 rings (SSSR count). The van der Waals surface area contributed by atoms with Crippen LogP contribution in [0.5, 0.6) is 0 Å². The van der Waals surface area contributed by atoms with Crippen molar-refractivity contribution in [3.8, 4) is 0 Å². The van der Waals surface area contributed by atoms with E-state index in [1.807, 2.05) is 13.8 Å². The Hall–Kier alpha value is -3.84. The summed E-state index contributed by atoms with van der Waals surface area (Å²) < 4.78 is 30.9. The third-order valence-corrected chi connectivity index (χ3v) is 7.84. The van der Waals surface area contributed by atoms with E-state index in [0.29, 0.717) is 38.5 Å². The second-order valence-electron chi connectivity index (χ2n) is 14.6. The Labute approximate surface area is 308 Å². The number of hydrogen-bond donors (Lipinski definition) is 0. The average molecular weight is 743 g/mol. The van der Waals surface area contributed by atoms with Crippen molar-refractivity contribution >= 4 is 47.4 Å². The molecule has 0 heterocycles. The molecule has 0 saturated carbocycles. The van der Waals surface area contributed by atoms with E-state index in [1.54, 1.807) is 55.4 Å².